The minimum atomic E-state index is -1.44. The number of anilines is 1. The third-order valence-corrected chi connectivity index (χ3v) is 6.97. The Hall–Kier alpha value is -2.00. The molecule has 9 heteroatoms. The van der Waals surface area contributed by atoms with Gasteiger partial charge in [0.1, 0.15) is 5.54 Å². The number of hydrogen-bond donors (Lipinski definition) is 3. The zero-order valence-corrected chi connectivity index (χ0v) is 16.6. The second kappa shape index (κ2) is 6.50. The number of amides is 3. The summed E-state index contributed by atoms with van der Waals surface area (Å²) in [7, 11) is 0. The molecule has 4 aliphatic heterocycles. The molecule has 6 atom stereocenters. The summed E-state index contributed by atoms with van der Waals surface area (Å²) < 4.78 is 5.61. The molecule has 0 aromatic heterocycles. The molecular formula is C20H22ClN3O5. The number of aliphatic hydroxyl groups is 1. The second-order valence-corrected chi connectivity index (χ2v) is 8.67. The maximum atomic E-state index is 13.5. The smallest absolute Gasteiger partial charge is 0.250 e. The molecule has 0 saturated carbocycles. The zero-order valence-electron chi connectivity index (χ0n) is 15.9. The molecule has 3 N–H and O–H groups in total. The Morgan fingerprint density at radius 3 is 2.83 bits per heavy atom. The molecule has 5 rings (SSSR count). The number of halogens is 1. The number of para-hydroxylation sites is 1. The Balaban J connectivity index is 1.61. The number of benzene rings is 1. The number of fused-ring (bicyclic) bond motifs is 4. The first-order chi connectivity index (χ1) is 13.9. The van der Waals surface area contributed by atoms with Crippen molar-refractivity contribution in [2.45, 2.75) is 43.6 Å². The summed E-state index contributed by atoms with van der Waals surface area (Å²) in [6.45, 7) is 2.35. The summed E-state index contributed by atoms with van der Waals surface area (Å²) in [5.74, 6) is -2.99. The van der Waals surface area contributed by atoms with Gasteiger partial charge in [0, 0.05) is 18.2 Å². The van der Waals surface area contributed by atoms with E-state index in [0.717, 1.165) is 12.8 Å². The average Bonchev–Trinajstić information content (AvgIpc) is 3.42. The molecule has 3 amide bonds. The third kappa shape index (κ3) is 2.46. The van der Waals surface area contributed by atoms with E-state index in [1.165, 1.54) is 4.90 Å². The van der Waals surface area contributed by atoms with Gasteiger partial charge in [-0.3, -0.25) is 24.6 Å². The van der Waals surface area contributed by atoms with E-state index in [2.05, 4.69) is 10.6 Å². The van der Waals surface area contributed by atoms with Crippen molar-refractivity contribution < 1.29 is 24.2 Å². The Labute approximate surface area is 172 Å². The van der Waals surface area contributed by atoms with Crippen LogP contribution in [0.3, 0.4) is 0 Å². The number of nitrogens with zero attached hydrogens (tertiary/aromatic N) is 1. The van der Waals surface area contributed by atoms with E-state index >= 15 is 0 Å². The minimum absolute atomic E-state index is 0.178. The van der Waals surface area contributed by atoms with E-state index in [4.69, 9.17) is 16.3 Å². The van der Waals surface area contributed by atoms with Crippen LogP contribution in [0.4, 0.5) is 5.69 Å². The van der Waals surface area contributed by atoms with Crippen LogP contribution in [0.5, 0.6) is 0 Å². The lowest BCUT2D eigenvalue weighted by molar-refractivity contribution is -0.144. The van der Waals surface area contributed by atoms with Crippen LogP contribution >= 0.6 is 11.6 Å². The summed E-state index contributed by atoms with van der Waals surface area (Å²) in [6.07, 6.45) is 0.561. The Morgan fingerprint density at radius 1 is 1.34 bits per heavy atom. The van der Waals surface area contributed by atoms with Crippen LogP contribution in [0.2, 0.25) is 5.02 Å². The lowest BCUT2D eigenvalue weighted by Gasteiger charge is -2.30. The van der Waals surface area contributed by atoms with Gasteiger partial charge in [-0.2, -0.15) is 0 Å². The Morgan fingerprint density at radius 2 is 2.14 bits per heavy atom. The number of aliphatic hydroxyl groups excluding tert-OH is 1. The molecule has 1 aromatic carbocycles. The second-order valence-electron chi connectivity index (χ2n) is 8.26. The molecule has 8 nitrogen and oxygen atoms in total. The molecule has 1 spiro atoms. The van der Waals surface area contributed by atoms with Crippen molar-refractivity contribution in [2.75, 3.05) is 18.5 Å². The lowest BCUT2D eigenvalue weighted by atomic mass is 9.76. The van der Waals surface area contributed by atoms with Gasteiger partial charge in [0.25, 0.3) is 0 Å². The Kier molecular flexibility index (Phi) is 4.26. The van der Waals surface area contributed by atoms with Crippen LogP contribution in [0.15, 0.2) is 18.2 Å². The van der Waals surface area contributed by atoms with Crippen molar-refractivity contribution >= 4 is 35.0 Å². The van der Waals surface area contributed by atoms with Crippen LogP contribution in [0.25, 0.3) is 0 Å². The molecule has 3 fully saturated rings. The number of imide groups is 1. The molecule has 0 radical (unpaired) electrons. The fraction of sp³-hybridized carbons (Fsp3) is 0.550. The van der Waals surface area contributed by atoms with Crippen LogP contribution in [0.1, 0.15) is 25.3 Å². The van der Waals surface area contributed by atoms with Crippen molar-refractivity contribution in [3.05, 3.63) is 28.8 Å². The third-order valence-electron chi connectivity index (χ3n) is 6.66. The van der Waals surface area contributed by atoms with Crippen LogP contribution in [-0.2, 0) is 24.7 Å². The number of rotatable bonds is 3. The minimum Gasteiger partial charge on any atom is -0.392 e. The van der Waals surface area contributed by atoms with Crippen molar-refractivity contribution in [3.63, 3.8) is 0 Å². The summed E-state index contributed by atoms with van der Waals surface area (Å²) in [5.41, 5.74) is -0.465. The topological polar surface area (TPSA) is 108 Å². The predicted octanol–water partition coefficient (Wildman–Crippen LogP) is 0.620. The summed E-state index contributed by atoms with van der Waals surface area (Å²) in [4.78, 5) is 41.2. The van der Waals surface area contributed by atoms with Crippen LogP contribution in [0, 0.1) is 11.8 Å². The standard InChI is InChI=1S/C20H22ClN3O5/c1-9(25)15-13-14(18(27)24(17(13)26)8-10-4-3-7-29-10)20(23-15)11-5-2-6-12(21)16(11)22-19(20)28/h2,5-6,9-10,13-15,23,25H,3-4,7-8H2,1H3,(H,22,28). The van der Waals surface area contributed by atoms with Gasteiger partial charge in [-0.25, -0.2) is 0 Å². The van der Waals surface area contributed by atoms with E-state index in [-0.39, 0.29) is 18.6 Å². The van der Waals surface area contributed by atoms with Crippen LogP contribution in [-0.4, -0.2) is 59.1 Å². The summed E-state index contributed by atoms with van der Waals surface area (Å²) >= 11 is 6.27. The number of nitrogens with one attached hydrogen (secondary N) is 2. The molecule has 154 valence electrons. The molecule has 29 heavy (non-hydrogen) atoms. The highest BCUT2D eigenvalue weighted by molar-refractivity contribution is 6.35. The van der Waals surface area contributed by atoms with Gasteiger partial charge in [0.05, 0.1) is 41.3 Å². The Bertz CT molecular complexity index is 915. The maximum Gasteiger partial charge on any atom is 0.250 e. The number of carbonyl (C=O) groups excluding carboxylic acids is 3. The summed E-state index contributed by atoms with van der Waals surface area (Å²) in [5, 5.41) is 16.7. The maximum absolute atomic E-state index is 13.5. The van der Waals surface area contributed by atoms with E-state index in [1.54, 1.807) is 25.1 Å². The molecular weight excluding hydrogens is 398 g/mol. The fourth-order valence-electron chi connectivity index (χ4n) is 5.37. The molecule has 1 aromatic rings. The van der Waals surface area contributed by atoms with Crippen molar-refractivity contribution in [1.29, 1.82) is 0 Å². The van der Waals surface area contributed by atoms with E-state index in [1.807, 2.05) is 0 Å². The highest BCUT2D eigenvalue weighted by atomic mass is 35.5. The first-order valence-electron chi connectivity index (χ1n) is 9.89. The zero-order chi connectivity index (χ0) is 20.5. The number of likely N-dealkylation sites (tertiary alicyclic amines) is 1. The number of hydrogen-bond acceptors (Lipinski definition) is 6. The van der Waals surface area contributed by atoms with Gasteiger partial charge in [0.15, 0.2) is 0 Å². The van der Waals surface area contributed by atoms with E-state index in [0.29, 0.717) is 22.9 Å². The van der Waals surface area contributed by atoms with Gasteiger partial charge in [-0.05, 0) is 25.8 Å². The molecule has 0 aliphatic carbocycles. The average molecular weight is 420 g/mol. The van der Waals surface area contributed by atoms with Crippen LogP contribution < -0.4 is 10.6 Å². The highest BCUT2D eigenvalue weighted by Gasteiger charge is 2.71. The molecule has 4 aliphatic rings. The SMILES string of the molecule is CC(O)C1NC2(C(=O)Nc3c(Cl)cccc32)C2C(=O)N(CC3CCCO3)C(=O)C12. The van der Waals surface area contributed by atoms with Crippen molar-refractivity contribution in [3.8, 4) is 0 Å². The van der Waals surface area contributed by atoms with Gasteiger partial charge in [-0.1, -0.05) is 23.7 Å². The van der Waals surface area contributed by atoms with Gasteiger partial charge in [0.2, 0.25) is 17.7 Å². The quantitative estimate of drug-likeness (QED) is 0.620. The largest absolute Gasteiger partial charge is 0.392 e. The van der Waals surface area contributed by atoms with Crippen molar-refractivity contribution in [1.82, 2.24) is 10.2 Å². The van der Waals surface area contributed by atoms with Gasteiger partial charge in [-0.15, -0.1) is 0 Å². The first-order valence-corrected chi connectivity index (χ1v) is 10.3. The first kappa shape index (κ1) is 19.0. The molecule has 6 unspecified atom stereocenters. The molecule has 0 bridgehead atoms. The van der Waals surface area contributed by atoms with Gasteiger partial charge >= 0.3 is 0 Å². The highest BCUT2D eigenvalue weighted by Crippen LogP contribution is 2.54. The van der Waals surface area contributed by atoms with Gasteiger partial charge < -0.3 is 15.2 Å². The predicted molar refractivity (Wildman–Crippen MR) is 103 cm³/mol. The number of carbonyl (C=O) groups is 3. The molecule has 4 heterocycles. The molecule has 3 saturated heterocycles. The van der Waals surface area contributed by atoms with Crippen molar-refractivity contribution in [2.24, 2.45) is 11.8 Å². The fourth-order valence-corrected chi connectivity index (χ4v) is 5.59. The normalized spacial score (nSPS) is 36.7. The van der Waals surface area contributed by atoms with E-state index in [9.17, 15) is 19.5 Å². The number of ether oxygens (including phenoxy) is 1. The summed E-state index contributed by atoms with van der Waals surface area (Å²) in [6, 6.07) is 4.36. The lowest BCUT2D eigenvalue weighted by Crippen LogP contribution is -2.55. The monoisotopic (exact) mass is 419 g/mol. The van der Waals surface area contributed by atoms with E-state index < -0.39 is 41.3 Å².